The number of thioether (sulfide) groups is 1. The monoisotopic (exact) mass is 268 g/mol. The second-order valence-corrected chi connectivity index (χ2v) is 5.51. The molecule has 18 heavy (non-hydrogen) atoms. The van der Waals surface area contributed by atoms with Crippen molar-refractivity contribution in [1.82, 2.24) is 0 Å². The van der Waals surface area contributed by atoms with Crippen molar-refractivity contribution >= 4 is 23.1 Å². The zero-order valence-corrected chi connectivity index (χ0v) is 11.0. The fourth-order valence-electron chi connectivity index (χ4n) is 2.14. The number of aliphatic hydroxyl groups is 1. The van der Waals surface area contributed by atoms with Gasteiger partial charge in [-0.15, -0.1) is 0 Å². The molecule has 98 valence electrons. The molecule has 0 aromatic heterocycles. The number of rotatable bonds is 3. The molecule has 1 aliphatic heterocycles. The van der Waals surface area contributed by atoms with Crippen molar-refractivity contribution in [3.05, 3.63) is 33.9 Å². The van der Waals surface area contributed by atoms with E-state index in [2.05, 4.69) is 11.8 Å². The van der Waals surface area contributed by atoms with Crippen molar-refractivity contribution in [2.24, 2.45) is 0 Å². The Bertz CT molecular complexity index is 453. The van der Waals surface area contributed by atoms with Crippen LogP contribution in [0.15, 0.2) is 18.2 Å². The lowest BCUT2D eigenvalue weighted by Crippen LogP contribution is -2.40. The largest absolute Gasteiger partial charge is 0.392 e. The van der Waals surface area contributed by atoms with Crippen LogP contribution in [0, 0.1) is 10.1 Å². The Morgan fingerprint density at radius 2 is 2.39 bits per heavy atom. The Labute approximate surface area is 110 Å². The highest BCUT2D eigenvalue weighted by molar-refractivity contribution is 7.99. The Kier molecular flexibility index (Phi) is 4.08. The minimum absolute atomic E-state index is 0.0836. The molecular formula is C12H16N2O3S. The zero-order chi connectivity index (χ0) is 13.1. The van der Waals surface area contributed by atoms with Crippen LogP contribution in [-0.2, 0) is 6.61 Å². The van der Waals surface area contributed by atoms with Gasteiger partial charge < -0.3 is 10.0 Å². The van der Waals surface area contributed by atoms with Crippen LogP contribution in [0.25, 0.3) is 0 Å². The van der Waals surface area contributed by atoms with Crippen LogP contribution >= 0.6 is 11.8 Å². The van der Waals surface area contributed by atoms with Crippen molar-refractivity contribution in [3.8, 4) is 0 Å². The summed E-state index contributed by atoms with van der Waals surface area (Å²) in [6, 6.07) is 5.25. The summed E-state index contributed by atoms with van der Waals surface area (Å²) < 4.78 is 0. The summed E-state index contributed by atoms with van der Waals surface area (Å²) in [5, 5.41) is 20.2. The number of anilines is 1. The SMILES string of the molecule is CC1CSCCN1c1ccc(CO)cc1[N+](=O)[O-]. The molecule has 1 aromatic carbocycles. The van der Waals surface area contributed by atoms with Crippen LogP contribution in [0.2, 0.25) is 0 Å². The molecule has 1 aliphatic rings. The number of aliphatic hydroxyl groups excluding tert-OH is 1. The van der Waals surface area contributed by atoms with Crippen LogP contribution in [0.4, 0.5) is 11.4 Å². The molecule has 2 rings (SSSR count). The number of benzene rings is 1. The molecule has 0 bridgehead atoms. The van der Waals surface area contributed by atoms with Crippen LogP contribution < -0.4 is 4.90 Å². The summed E-state index contributed by atoms with van der Waals surface area (Å²) in [6.45, 7) is 2.73. The summed E-state index contributed by atoms with van der Waals surface area (Å²) in [7, 11) is 0. The number of nitro benzene ring substituents is 1. The molecule has 1 heterocycles. The third-order valence-electron chi connectivity index (χ3n) is 3.10. The van der Waals surface area contributed by atoms with Crippen LogP contribution in [0.5, 0.6) is 0 Å². The van der Waals surface area contributed by atoms with Gasteiger partial charge >= 0.3 is 0 Å². The van der Waals surface area contributed by atoms with Gasteiger partial charge in [-0.3, -0.25) is 10.1 Å². The van der Waals surface area contributed by atoms with E-state index in [0.29, 0.717) is 17.3 Å². The average molecular weight is 268 g/mol. The molecule has 6 heteroatoms. The average Bonchev–Trinajstić information content (AvgIpc) is 2.38. The smallest absolute Gasteiger partial charge is 0.292 e. The Morgan fingerprint density at radius 3 is 3.00 bits per heavy atom. The molecular weight excluding hydrogens is 252 g/mol. The van der Waals surface area contributed by atoms with E-state index in [4.69, 9.17) is 5.11 Å². The first kappa shape index (κ1) is 13.2. The second-order valence-electron chi connectivity index (χ2n) is 4.36. The Morgan fingerprint density at radius 1 is 1.61 bits per heavy atom. The van der Waals surface area contributed by atoms with E-state index in [-0.39, 0.29) is 17.2 Å². The van der Waals surface area contributed by atoms with E-state index < -0.39 is 0 Å². The van der Waals surface area contributed by atoms with Gasteiger partial charge in [-0.25, -0.2) is 0 Å². The molecule has 1 atom stereocenters. The molecule has 5 nitrogen and oxygen atoms in total. The molecule has 1 fully saturated rings. The predicted molar refractivity (Wildman–Crippen MR) is 73.2 cm³/mol. The summed E-state index contributed by atoms with van der Waals surface area (Å²) in [5.74, 6) is 1.97. The molecule has 0 amide bonds. The van der Waals surface area contributed by atoms with E-state index in [9.17, 15) is 10.1 Å². The summed E-state index contributed by atoms with van der Waals surface area (Å²) in [4.78, 5) is 12.8. The molecule has 0 radical (unpaired) electrons. The quantitative estimate of drug-likeness (QED) is 0.671. The first-order valence-electron chi connectivity index (χ1n) is 5.86. The van der Waals surface area contributed by atoms with Crippen LogP contribution in [-0.4, -0.2) is 34.1 Å². The van der Waals surface area contributed by atoms with E-state index in [1.165, 1.54) is 6.07 Å². The maximum atomic E-state index is 11.1. The van der Waals surface area contributed by atoms with Gasteiger partial charge in [0.15, 0.2) is 0 Å². The van der Waals surface area contributed by atoms with Crippen molar-refractivity contribution in [2.45, 2.75) is 19.6 Å². The molecule has 1 aromatic rings. The van der Waals surface area contributed by atoms with Gasteiger partial charge in [0, 0.05) is 30.2 Å². The summed E-state index contributed by atoms with van der Waals surface area (Å²) in [5.41, 5.74) is 1.31. The Hall–Kier alpha value is -1.27. The molecule has 0 aliphatic carbocycles. The highest BCUT2D eigenvalue weighted by Crippen LogP contribution is 2.33. The number of hydrogen-bond acceptors (Lipinski definition) is 5. The zero-order valence-electron chi connectivity index (χ0n) is 10.2. The highest BCUT2D eigenvalue weighted by Gasteiger charge is 2.25. The van der Waals surface area contributed by atoms with Crippen molar-refractivity contribution in [2.75, 3.05) is 23.0 Å². The molecule has 0 spiro atoms. The lowest BCUT2D eigenvalue weighted by Gasteiger charge is -2.34. The third kappa shape index (κ3) is 2.59. The maximum absolute atomic E-state index is 11.1. The van der Waals surface area contributed by atoms with Crippen molar-refractivity contribution in [1.29, 1.82) is 0 Å². The predicted octanol–water partition coefficient (Wildman–Crippen LogP) is 2.03. The van der Waals surface area contributed by atoms with Crippen LogP contribution in [0.1, 0.15) is 12.5 Å². The van der Waals surface area contributed by atoms with Gasteiger partial charge in [0.1, 0.15) is 5.69 Å². The number of nitro groups is 1. The van der Waals surface area contributed by atoms with Crippen molar-refractivity contribution < 1.29 is 10.0 Å². The number of nitrogens with zero attached hydrogens (tertiary/aromatic N) is 2. The normalized spacial score (nSPS) is 19.9. The molecule has 0 saturated carbocycles. The highest BCUT2D eigenvalue weighted by atomic mass is 32.2. The van der Waals surface area contributed by atoms with Gasteiger partial charge in [0.2, 0.25) is 0 Å². The maximum Gasteiger partial charge on any atom is 0.292 e. The van der Waals surface area contributed by atoms with Gasteiger partial charge in [-0.1, -0.05) is 6.07 Å². The van der Waals surface area contributed by atoms with E-state index in [0.717, 1.165) is 18.1 Å². The Balaban J connectivity index is 2.39. The first-order valence-corrected chi connectivity index (χ1v) is 7.01. The van der Waals surface area contributed by atoms with E-state index >= 15 is 0 Å². The second kappa shape index (κ2) is 5.58. The topological polar surface area (TPSA) is 66.6 Å². The van der Waals surface area contributed by atoms with Gasteiger partial charge in [0.05, 0.1) is 11.5 Å². The summed E-state index contributed by atoms with van der Waals surface area (Å²) in [6.07, 6.45) is 0. The third-order valence-corrected chi connectivity index (χ3v) is 4.29. The van der Waals surface area contributed by atoms with Gasteiger partial charge in [-0.05, 0) is 18.6 Å². The molecule has 1 saturated heterocycles. The minimum Gasteiger partial charge on any atom is -0.392 e. The van der Waals surface area contributed by atoms with Gasteiger partial charge in [0.25, 0.3) is 5.69 Å². The van der Waals surface area contributed by atoms with Crippen molar-refractivity contribution in [3.63, 3.8) is 0 Å². The minimum atomic E-state index is -0.372. The van der Waals surface area contributed by atoms with E-state index in [1.807, 2.05) is 11.8 Å². The number of hydrogen-bond donors (Lipinski definition) is 1. The van der Waals surface area contributed by atoms with Crippen LogP contribution in [0.3, 0.4) is 0 Å². The molecule has 1 N–H and O–H groups in total. The fourth-order valence-corrected chi connectivity index (χ4v) is 3.16. The van der Waals surface area contributed by atoms with E-state index in [1.54, 1.807) is 12.1 Å². The fraction of sp³-hybridized carbons (Fsp3) is 0.500. The molecule has 1 unspecified atom stereocenters. The van der Waals surface area contributed by atoms with Gasteiger partial charge in [-0.2, -0.15) is 11.8 Å². The summed E-state index contributed by atoms with van der Waals surface area (Å²) >= 11 is 1.87. The standard InChI is InChI=1S/C12H16N2O3S/c1-9-8-18-5-4-13(9)11-3-2-10(7-15)6-12(11)14(16)17/h2-3,6,9,15H,4-5,7-8H2,1H3. The first-order chi connectivity index (χ1) is 8.63. The lowest BCUT2D eigenvalue weighted by molar-refractivity contribution is -0.384. The lowest BCUT2D eigenvalue weighted by atomic mass is 10.1.